The molecule has 0 aliphatic carbocycles. The van der Waals surface area contributed by atoms with Gasteiger partial charge in [-0.25, -0.2) is 4.79 Å². The molecule has 7 heteroatoms. The maximum atomic E-state index is 12.5. The molecule has 0 aromatic heterocycles. The van der Waals surface area contributed by atoms with Gasteiger partial charge in [-0.05, 0) is 38.3 Å². The standard InChI is InChI=1S/C17H23BrN2O4/c1-10(2)24-15-6-13(18)5-14(7-15)19-17(23)20-8-11(3)4-12(9-20)16(21)22/h5-7,10-12H,4,8-9H2,1-3H3,(H,19,23)(H,21,22). The molecular weight excluding hydrogens is 376 g/mol. The largest absolute Gasteiger partial charge is 0.491 e. The molecule has 1 aliphatic heterocycles. The summed E-state index contributed by atoms with van der Waals surface area (Å²) >= 11 is 3.40. The summed E-state index contributed by atoms with van der Waals surface area (Å²) in [4.78, 5) is 25.3. The normalized spacial score (nSPS) is 20.8. The highest BCUT2D eigenvalue weighted by molar-refractivity contribution is 9.10. The SMILES string of the molecule is CC1CC(C(=O)O)CN(C(=O)Nc2cc(Br)cc(OC(C)C)c2)C1. The lowest BCUT2D eigenvalue weighted by Gasteiger charge is -2.34. The summed E-state index contributed by atoms with van der Waals surface area (Å²) in [5, 5.41) is 12.1. The molecule has 1 fully saturated rings. The Hall–Kier alpha value is -1.76. The molecule has 132 valence electrons. The number of urea groups is 1. The number of hydrogen-bond acceptors (Lipinski definition) is 3. The van der Waals surface area contributed by atoms with E-state index in [-0.39, 0.29) is 24.6 Å². The lowest BCUT2D eigenvalue weighted by atomic mass is 9.91. The Kier molecular flexibility index (Phi) is 6.10. The summed E-state index contributed by atoms with van der Waals surface area (Å²) in [6.07, 6.45) is 0.629. The van der Waals surface area contributed by atoms with Crippen LogP contribution in [0.5, 0.6) is 5.75 Å². The fourth-order valence-electron chi connectivity index (χ4n) is 2.87. The number of carboxylic acid groups (broad SMARTS) is 1. The van der Waals surface area contributed by atoms with Crippen LogP contribution in [0.3, 0.4) is 0 Å². The molecule has 1 saturated heterocycles. The third kappa shape index (κ3) is 5.12. The van der Waals surface area contributed by atoms with Crippen LogP contribution in [-0.4, -0.2) is 41.2 Å². The van der Waals surface area contributed by atoms with Gasteiger partial charge in [-0.15, -0.1) is 0 Å². The van der Waals surface area contributed by atoms with Crippen molar-refractivity contribution >= 4 is 33.6 Å². The second-order valence-electron chi connectivity index (χ2n) is 6.55. The topological polar surface area (TPSA) is 78.9 Å². The molecule has 0 saturated carbocycles. The number of rotatable bonds is 4. The number of ether oxygens (including phenoxy) is 1. The van der Waals surface area contributed by atoms with E-state index in [1.54, 1.807) is 17.0 Å². The average molecular weight is 399 g/mol. The molecule has 1 aromatic carbocycles. The minimum absolute atomic E-state index is 0.0297. The summed E-state index contributed by atoms with van der Waals surface area (Å²) in [6.45, 7) is 6.61. The summed E-state index contributed by atoms with van der Waals surface area (Å²) in [5.74, 6) is -0.547. The average Bonchev–Trinajstić information content (AvgIpc) is 2.44. The summed E-state index contributed by atoms with van der Waals surface area (Å²) in [6, 6.07) is 5.08. The van der Waals surface area contributed by atoms with E-state index in [1.807, 2.05) is 26.8 Å². The first kappa shape index (κ1) is 18.6. The van der Waals surface area contributed by atoms with E-state index < -0.39 is 11.9 Å². The van der Waals surface area contributed by atoms with Gasteiger partial charge in [0.25, 0.3) is 0 Å². The van der Waals surface area contributed by atoms with E-state index >= 15 is 0 Å². The van der Waals surface area contributed by atoms with Crippen LogP contribution < -0.4 is 10.1 Å². The smallest absolute Gasteiger partial charge is 0.321 e. The second-order valence-corrected chi connectivity index (χ2v) is 7.47. The first-order chi connectivity index (χ1) is 11.2. The Morgan fingerprint density at radius 1 is 1.33 bits per heavy atom. The van der Waals surface area contributed by atoms with Crippen molar-refractivity contribution < 1.29 is 19.4 Å². The molecule has 2 unspecified atom stereocenters. The molecule has 2 N–H and O–H groups in total. The van der Waals surface area contributed by atoms with Crippen LogP contribution in [0.15, 0.2) is 22.7 Å². The lowest BCUT2D eigenvalue weighted by Crippen LogP contribution is -2.47. The minimum Gasteiger partial charge on any atom is -0.491 e. The van der Waals surface area contributed by atoms with Gasteiger partial charge < -0.3 is 20.1 Å². The highest BCUT2D eigenvalue weighted by Crippen LogP contribution is 2.27. The maximum Gasteiger partial charge on any atom is 0.321 e. The maximum absolute atomic E-state index is 12.5. The van der Waals surface area contributed by atoms with Gasteiger partial charge in [0.05, 0.1) is 12.0 Å². The predicted octanol–water partition coefficient (Wildman–Crippen LogP) is 3.81. The van der Waals surface area contributed by atoms with Crippen LogP contribution in [0.1, 0.15) is 27.2 Å². The van der Waals surface area contributed by atoms with Gasteiger partial charge >= 0.3 is 12.0 Å². The van der Waals surface area contributed by atoms with Crippen molar-refractivity contribution in [3.05, 3.63) is 22.7 Å². The Balaban J connectivity index is 2.08. The number of anilines is 1. The predicted molar refractivity (Wildman–Crippen MR) is 95.4 cm³/mol. The zero-order valence-electron chi connectivity index (χ0n) is 14.1. The Labute approximate surface area is 150 Å². The minimum atomic E-state index is -0.852. The van der Waals surface area contributed by atoms with Gasteiger partial charge in [0, 0.05) is 29.3 Å². The van der Waals surface area contributed by atoms with Gasteiger partial charge in [0.15, 0.2) is 0 Å². The third-order valence-electron chi connectivity index (χ3n) is 3.79. The fourth-order valence-corrected chi connectivity index (χ4v) is 3.35. The molecule has 0 spiro atoms. The number of carbonyl (C=O) groups is 2. The van der Waals surface area contributed by atoms with Gasteiger partial charge in [-0.2, -0.15) is 0 Å². The molecule has 2 atom stereocenters. The molecule has 1 aliphatic rings. The Morgan fingerprint density at radius 3 is 2.67 bits per heavy atom. The van der Waals surface area contributed by atoms with E-state index in [9.17, 15) is 14.7 Å². The quantitative estimate of drug-likeness (QED) is 0.807. The Morgan fingerprint density at radius 2 is 2.04 bits per heavy atom. The van der Waals surface area contributed by atoms with Crippen molar-refractivity contribution in [2.75, 3.05) is 18.4 Å². The van der Waals surface area contributed by atoms with Crippen LogP contribution in [0, 0.1) is 11.8 Å². The number of benzene rings is 1. The number of nitrogens with one attached hydrogen (secondary N) is 1. The van der Waals surface area contributed by atoms with Crippen LogP contribution in [0.2, 0.25) is 0 Å². The van der Waals surface area contributed by atoms with Gasteiger partial charge in [-0.1, -0.05) is 22.9 Å². The van der Waals surface area contributed by atoms with Crippen molar-refractivity contribution in [3.8, 4) is 5.75 Å². The van der Waals surface area contributed by atoms with Crippen LogP contribution >= 0.6 is 15.9 Å². The molecule has 0 bridgehead atoms. The van der Waals surface area contributed by atoms with Gasteiger partial charge in [0.1, 0.15) is 5.75 Å². The number of amides is 2. The number of hydrogen-bond donors (Lipinski definition) is 2. The monoisotopic (exact) mass is 398 g/mol. The summed E-state index contributed by atoms with van der Waals surface area (Å²) in [5.41, 5.74) is 0.607. The summed E-state index contributed by atoms with van der Waals surface area (Å²) in [7, 11) is 0. The van der Waals surface area contributed by atoms with Crippen molar-refractivity contribution in [1.29, 1.82) is 0 Å². The zero-order chi connectivity index (χ0) is 17.9. The number of carbonyl (C=O) groups excluding carboxylic acids is 1. The van der Waals surface area contributed by atoms with Crippen molar-refractivity contribution in [1.82, 2.24) is 4.90 Å². The first-order valence-corrected chi connectivity index (χ1v) is 8.80. The molecule has 0 radical (unpaired) electrons. The Bertz CT molecular complexity index is 621. The molecule has 24 heavy (non-hydrogen) atoms. The number of nitrogens with zero attached hydrogens (tertiary/aromatic N) is 1. The number of likely N-dealkylation sites (tertiary alicyclic amines) is 1. The van der Waals surface area contributed by atoms with E-state index in [2.05, 4.69) is 21.2 Å². The van der Waals surface area contributed by atoms with Crippen LogP contribution in [-0.2, 0) is 4.79 Å². The molecule has 2 amide bonds. The van der Waals surface area contributed by atoms with Crippen molar-refractivity contribution in [2.24, 2.45) is 11.8 Å². The molecule has 6 nitrogen and oxygen atoms in total. The third-order valence-corrected chi connectivity index (χ3v) is 4.25. The molecule has 2 rings (SSSR count). The number of carboxylic acids is 1. The molecule has 1 aromatic rings. The van der Waals surface area contributed by atoms with Crippen molar-refractivity contribution in [3.63, 3.8) is 0 Å². The number of halogens is 1. The number of aliphatic carboxylic acids is 1. The van der Waals surface area contributed by atoms with Gasteiger partial charge in [0.2, 0.25) is 0 Å². The van der Waals surface area contributed by atoms with Crippen molar-refractivity contribution in [2.45, 2.75) is 33.3 Å². The van der Waals surface area contributed by atoms with Crippen LogP contribution in [0.4, 0.5) is 10.5 Å². The zero-order valence-corrected chi connectivity index (χ0v) is 15.7. The lowest BCUT2D eigenvalue weighted by molar-refractivity contribution is -0.143. The van der Waals surface area contributed by atoms with E-state index in [0.29, 0.717) is 24.4 Å². The highest BCUT2D eigenvalue weighted by Gasteiger charge is 2.31. The first-order valence-electron chi connectivity index (χ1n) is 8.00. The van der Waals surface area contributed by atoms with Gasteiger partial charge in [-0.3, -0.25) is 4.79 Å². The van der Waals surface area contributed by atoms with E-state index in [1.165, 1.54) is 0 Å². The van der Waals surface area contributed by atoms with E-state index in [4.69, 9.17) is 4.74 Å². The summed E-state index contributed by atoms with van der Waals surface area (Å²) < 4.78 is 6.45. The molecule has 1 heterocycles. The molecular formula is C17H23BrN2O4. The van der Waals surface area contributed by atoms with E-state index in [0.717, 1.165) is 4.47 Å². The second kappa shape index (κ2) is 7.88. The fraction of sp³-hybridized carbons (Fsp3) is 0.529. The number of piperidine rings is 1. The van der Waals surface area contributed by atoms with Crippen LogP contribution in [0.25, 0.3) is 0 Å². The highest BCUT2D eigenvalue weighted by atomic mass is 79.9.